The number of rotatable bonds is 6. The third-order valence-corrected chi connectivity index (χ3v) is 6.69. The maximum atomic E-state index is 12.4. The Hall–Kier alpha value is -3.13. The largest absolute Gasteiger partial charge is 0.351 e. The van der Waals surface area contributed by atoms with E-state index >= 15 is 0 Å². The van der Waals surface area contributed by atoms with Crippen LogP contribution in [0.1, 0.15) is 40.7 Å². The Morgan fingerprint density at radius 2 is 1.75 bits per heavy atom. The van der Waals surface area contributed by atoms with Crippen LogP contribution in [0.4, 0.5) is 5.69 Å². The van der Waals surface area contributed by atoms with Crippen LogP contribution in [0.15, 0.2) is 53.5 Å². The van der Waals surface area contributed by atoms with Gasteiger partial charge in [0.15, 0.2) is 5.17 Å². The van der Waals surface area contributed by atoms with Gasteiger partial charge < -0.3 is 15.5 Å². The van der Waals surface area contributed by atoms with Crippen LogP contribution >= 0.6 is 11.8 Å². The minimum absolute atomic E-state index is 0.0725. The molecule has 0 aromatic heterocycles. The molecule has 2 heterocycles. The van der Waals surface area contributed by atoms with Gasteiger partial charge in [0.25, 0.3) is 11.8 Å². The number of likely N-dealkylation sites (tertiary alicyclic amines) is 1. The Bertz CT molecular complexity index is 1030. The van der Waals surface area contributed by atoms with Gasteiger partial charge >= 0.3 is 0 Å². The summed E-state index contributed by atoms with van der Waals surface area (Å²) < 4.78 is 0. The predicted octanol–water partition coefficient (Wildman–Crippen LogP) is 3.35. The maximum absolute atomic E-state index is 12.4. The molecule has 0 unspecified atom stereocenters. The molecule has 166 valence electrons. The molecule has 0 bridgehead atoms. The zero-order valence-corrected chi connectivity index (χ0v) is 18.8. The number of carbonyl (C=O) groups is 3. The van der Waals surface area contributed by atoms with Gasteiger partial charge in [0.2, 0.25) is 5.91 Å². The van der Waals surface area contributed by atoms with Crippen LogP contribution in [-0.2, 0) is 16.1 Å². The van der Waals surface area contributed by atoms with Gasteiger partial charge in [-0.2, -0.15) is 4.99 Å². The van der Waals surface area contributed by atoms with E-state index in [0.717, 1.165) is 36.7 Å². The normalized spacial score (nSPS) is 17.9. The fraction of sp³-hybridized carbons (Fsp3) is 0.333. The molecule has 2 N–H and O–H groups in total. The highest BCUT2D eigenvalue weighted by Crippen LogP contribution is 2.29. The molecule has 7 nitrogen and oxygen atoms in total. The number of hydrogen-bond donors (Lipinski definition) is 2. The van der Waals surface area contributed by atoms with Crippen molar-refractivity contribution >= 4 is 40.3 Å². The van der Waals surface area contributed by atoms with Crippen molar-refractivity contribution < 1.29 is 14.4 Å². The van der Waals surface area contributed by atoms with E-state index in [9.17, 15) is 14.4 Å². The van der Waals surface area contributed by atoms with Gasteiger partial charge in [-0.05, 0) is 49.6 Å². The quantitative estimate of drug-likeness (QED) is 0.704. The molecule has 1 fully saturated rings. The van der Waals surface area contributed by atoms with E-state index in [1.54, 1.807) is 24.3 Å². The summed E-state index contributed by atoms with van der Waals surface area (Å²) in [5, 5.41) is 5.96. The lowest BCUT2D eigenvalue weighted by molar-refractivity contribution is -0.121. The van der Waals surface area contributed by atoms with E-state index in [1.807, 2.05) is 31.2 Å². The van der Waals surface area contributed by atoms with Crippen LogP contribution in [0, 0.1) is 6.92 Å². The number of benzene rings is 2. The molecule has 4 rings (SSSR count). The Kier molecular flexibility index (Phi) is 6.90. The number of aliphatic imine (C=N–C) groups is 1. The fourth-order valence-corrected chi connectivity index (χ4v) is 4.75. The minimum Gasteiger partial charge on any atom is -0.351 e. The second-order valence-corrected chi connectivity index (χ2v) is 9.20. The molecule has 1 saturated heterocycles. The highest BCUT2D eigenvalue weighted by atomic mass is 32.2. The third-order valence-electron chi connectivity index (χ3n) is 5.48. The zero-order valence-electron chi connectivity index (χ0n) is 18.0. The summed E-state index contributed by atoms with van der Waals surface area (Å²) in [6.07, 6.45) is 2.29. The molecule has 2 aliphatic heterocycles. The Morgan fingerprint density at radius 1 is 1.06 bits per heavy atom. The van der Waals surface area contributed by atoms with Crippen LogP contribution in [0.3, 0.4) is 0 Å². The number of thioether (sulfide) groups is 1. The molecule has 3 amide bonds. The smallest absolute Gasteiger partial charge is 0.262 e. The van der Waals surface area contributed by atoms with E-state index in [1.165, 1.54) is 17.3 Å². The van der Waals surface area contributed by atoms with Crippen molar-refractivity contribution in [3.05, 3.63) is 65.2 Å². The Labute approximate surface area is 191 Å². The standard InChI is InChI=1S/C24H26N4O3S/c1-16-4-6-17(7-5-16)15-25-22(30)18-8-10-19(11-9-18)26-21(29)14-20-23(31)27-24(32-20)28-12-2-3-13-28/h4-11,20H,2-3,12-15H2,1H3,(H,25,30)(H,26,29)/t20-/m1/s1. The molecule has 1 atom stereocenters. The molecule has 32 heavy (non-hydrogen) atoms. The van der Waals surface area contributed by atoms with Crippen LogP contribution < -0.4 is 10.6 Å². The molecule has 2 aromatic rings. The number of carbonyl (C=O) groups excluding carboxylic acids is 3. The van der Waals surface area contributed by atoms with Crippen LogP contribution in [0.25, 0.3) is 0 Å². The van der Waals surface area contributed by atoms with Crippen molar-refractivity contribution in [3.8, 4) is 0 Å². The number of nitrogens with zero attached hydrogens (tertiary/aromatic N) is 2. The van der Waals surface area contributed by atoms with Crippen molar-refractivity contribution in [3.63, 3.8) is 0 Å². The number of anilines is 1. The van der Waals surface area contributed by atoms with Crippen molar-refractivity contribution in [1.82, 2.24) is 10.2 Å². The number of amidine groups is 1. The molecule has 0 aliphatic carbocycles. The average molecular weight is 451 g/mol. The molecule has 0 spiro atoms. The summed E-state index contributed by atoms with van der Waals surface area (Å²) in [6, 6.07) is 14.7. The molecule has 0 radical (unpaired) electrons. The average Bonchev–Trinajstić information content (AvgIpc) is 3.44. The number of hydrogen-bond acceptors (Lipinski definition) is 5. The van der Waals surface area contributed by atoms with Gasteiger partial charge in [0, 0.05) is 37.3 Å². The lowest BCUT2D eigenvalue weighted by Crippen LogP contribution is -2.25. The van der Waals surface area contributed by atoms with Crippen molar-refractivity contribution in [1.29, 1.82) is 0 Å². The van der Waals surface area contributed by atoms with Crippen molar-refractivity contribution in [2.45, 2.75) is 38.0 Å². The lowest BCUT2D eigenvalue weighted by atomic mass is 10.1. The van der Waals surface area contributed by atoms with Gasteiger partial charge in [0.1, 0.15) is 5.25 Å². The number of amides is 3. The highest BCUT2D eigenvalue weighted by molar-refractivity contribution is 8.15. The van der Waals surface area contributed by atoms with Gasteiger partial charge in [-0.25, -0.2) is 0 Å². The van der Waals surface area contributed by atoms with Crippen LogP contribution in [0.2, 0.25) is 0 Å². The molecule has 0 saturated carbocycles. The first-order chi connectivity index (χ1) is 15.5. The minimum atomic E-state index is -0.475. The van der Waals surface area contributed by atoms with Gasteiger partial charge in [-0.3, -0.25) is 14.4 Å². The van der Waals surface area contributed by atoms with Gasteiger partial charge in [0.05, 0.1) is 0 Å². The van der Waals surface area contributed by atoms with E-state index in [2.05, 4.69) is 20.5 Å². The van der Waals surface area contributed by atoms with Crippen LogP contribution in [-0.4, -0.2) is 46.1 Å². The van der Waals surface area contributed by atoms with Crippen molar-refractivity contribution in [2.24, 2.45) is 4.99 Å². The zero-order chi connectivity index (χ0) is 22.5. The molecule has 2 aromatic carbocycles. The monoisotopic (exact) mass is 450 g/mol. The summed E-state index contributed by atoms with van der Waals surface area (Å²) >= 11 is 1.38. The Morgan fingerprint density at radius 3 is 2.44 bits per heavy atom. The van der Waals surface area contributed by atoms with E-state index < -0.39 is 5.25 Å². The second kappa shape index (κ2) is 9.99. The summed E-state index contributed by atoms with van der Waals surface area (Å²) in [4.78, 5) is 43.2. The van der Waals surface area contributed by atoms with Gasteiger partial charge in [-0.1, -0.05) is 41.6 Å². The van der Waals surface area contributed by atoms with E-state index in [0.29, 0.717) is 17.8 Å². The number of aryl methyl sites for hydroxylation is 1. The summed E-state index contributed by atoms with van der Waals surface area (Å²) in [5.74, 6) is -0.666. The topological polar surface area (TPSA) is 90.9 Å². The predicted molar refractivity (Wildman–Crippen MR) is 127 cm³/mol. The number of nitrogens with one attached hydrogen (secondary N) is 2. The maximum Gasteiger partial charge on any atom is 0.262 e. The highest BCUT2D eigenvalue weighted by Gasteiger charge is 2.33. The van der Waals surface area contributed by atoms with Crippen molar-refractivity contribution in [2.75, 3.05) is 18.4 Å². The first kappa shape index (κ1) is 22.1. The van der Waals surface area contributed by atoms with E-state index in [4.69, 9.17) is 0 Å². The summed E-state index contributed by atoms with van der Waals surface area (Å²) in [5.41, 5.74) is 3.30. The first-order valence-corrected chi connectivity index (χ1v) is 11.6. The molecule has 2 aliphatic rings. The summed E-state index contributed by atoms with van der Waals surface area (Å²) in [6.45, 7) is 4.31. The Balaban J connectivity index is 1.25. The lowest BCUT2D eigenvalue weighted by Gasteiger charge is -2.16. The summed E-state index contributed by atoms with van der Waals surface area (Å²) in [7, 11) is 0. The SMILES string of the molecule is Cc1ccc(CNC(=O)c2ccc(NC(=O)C[C@H]3SC(N4CCCC4)=NC3=O)cc2)cc1. The van der Waals surface area contributed by atoms with E-state index in [-0.39, 0.29) is 24.1 Å². The van der Waals surface area contributed by atoms with Crippen LogP contribution in [0.5, 0.6) is 0 Å². The van der Waals surface area contributed by atoms with Gasteiger partial charge in [-0.15, -0.1) is 0 Å². The molecular weight excluding hydrogens is 424 g/mol. The fourth-order valence-electron chi connectivity index (χ4n) is 3.63. The third kappa shape index (κ3) is 5.56. The second-order valence-electron chi connectivity index (χ2n) is 8.03. The first-order valence-electron chi connectivity index (χ1n) is 10.8. The molecule has 8 heteroatoms. The molecular formula is C24H26N4O3S.